The fourth-order valence-electron chi connectivity index (χ4n) is 12.3. The molecule has 0 aliphatic rings. The van der Waals surface area contributed by atoms with Crippen LogP contribution in [-0.4, -0.2) is 13.7 Å². The van der Waals surface area contributed by atoms with E-state index in [1.54, 1.807) is 0 Å². The standard InChI is InChI=1S/C76H54N6/c1-2-55-50-54-22-12-17-33-72(54)80(55)62-44-38-59(39-45-62)77(56-23-6-3-7-24-56)65-51-66(78(57-25-8-4-9-26-57)60-40-46-63(47-41-60)81-73-34-18-13-29-68(73)69-30-14-19-35-74(69)81)53-67(52-65)79(58-27-10-5-11-28-58)61-42-48-64(49-43-61)82-75-36-20-15-31-70(75)71-32-16-21-37-76(71)82/h2-53H,1H2. The van der Waals surface area contributed by atoms with E-state index >= 15 is 0 Å². The molecular formula is C76H54N6. The molecule has 0 aliphatic carbocycles. The zero-order valence-corrected chi connectivity index (χ0v) is 44.9. The fourth-order valence-corrected chi connectivity index (χ4v) is 12.3. The molecule has 15 rings (SSSR count). The second-order valence-electron chi connectivity index (χ2n) is 20.7. The molecule has 388 valence electrons. The zero-order chi connectivity index (χ0) is 54.5. The summed E-state index contributed by atoms with van der Waals surface area (Å²) in [7, 11) is 0. The molecule has 15 aromatic rings. The van der Waals surface area contributed by atoms with Gasteiger partial charge in [-0.15, -0.1) is 0 Å². The minimum atomic E-state index is 0.982. The summed E-state index contributed by atoms with van der Waals surface area (Å²) >= 11 is 0. The quantitative estimate of drug-likeness (QED) is 0.115. The third-order valence-corrected chi connectivity index (χ3v) is 15.9. The normalized spacial score (nSPS) is 11.5. The van der Waals surface area contributed by atoms with Crippen LogP contribution < -0.4 is 14.7 Å². The molecule has 6 nitrogen and oxygen atoms in total. The lowest BCUT2D eigenvalue weighted by Gasteiger charge is -2.33. The molecule has 0 unspecified atom stereocenters. The average molecular weight is 1050 g/mol. The van der Waals surface area contributed by atoms with Crippen molar-refractivity contribution in [2.45, 2.75) is 0 Å². The lowest BCUT2D eigenvalue weighted by atomic mass is 10.1. The van der Waals surface area contributed by atoms with Crippen LogP contribution in [0.15, 0.2) is 316 Å². The number of aromatic nitrogens is 3. The van der Waals surface area contributed by atoms with Crippen molar-refractivity contribution in [2.75, 3.05) is 14.7 Å². The Morgan fingerprint density at radius 2 is 0.500 bits per heavy atom. The number of fused-ring (bicyclic) bond motifs is 7. The predicted octanol–water partition coefficient (Wildman–Crippen LogP) is 20.9. The summed E-state index contributed by atoms with van der Waals surface area (Å²) in [5, 5.41) is 6.11. The summed E-state index contributed by atoms with van der Waals surface area (Å²) in [5.74, 6) is 0. The molecule has 3 aromatic heterocycles. The fraction of sp³-hybridized carbons (Fsp3) is 0. The van der Waals surface area contributed by atoms with Crippen molar-refractivity contribution >= 4 is 112 Å². The predicted molar refractivity (Wildman–Crippen MR) is 346 cm³/mol. The Balaban J connectivity index is 0.935. The molecule has 0 fully saturated rings. The van der Waals surface area contributed by atoms with Gasteiger partial charge in [-0.2, -0.15) is 0 Å². The van der Waals surface area contributed by atoms with Gasteiger partial charge in [-0.05, 0) is 170 Å². The molecule has 0 bridgehead atoms. The van der Waals surface area contributed by atoms with Crippen molar-refractivity contribution in [1.29, 1.82) is 0 Å². The van der Waals surface area contributed by atoms with Gasteiger partial charge in [0.2, 0.25) is 0 Å². The van der Waals surface area contributed by atoms with Gasteiger partial charge in [-0.25, -0.2) is 0 Å². The summed E-state index contributed by atoms with van der Waals surface area (Å²) < 4.78 is 7.04. The number of hydrogen-bond acceptors (Lipinski definition) is 3. The maximum atomic E-state index is 4.21. The van der Waals surface area contributed by atoms with Gasteiger partial charge in [-0.1, -0.05) is 152 Å². The largest absolute Gasteiger partial charge is 0.310 e. The third-order valence-electron chi connectivity index (χ3n) is 15.9. The SMILES string of the molecule is C=Cc1cc2ccccc2n1-c1ccc(N(c2ccccc2)c2cc(N(c3ccccc3)c3ccc(-n4c5ccccc5c5ccccc54)cc3)cc(N(c3ccccc3)c3ccc(-n4c5ccccc5c5ccccc54)cc3)c2)cc1. The summed E-state index contributed by atoms with van der Waals surface area (Å²) in [6.45, 7) is 4.21. The Labute approximate surface area is 476 Å². The van der Waals surface area contributed by atoms with Gasteiger partial charge in [-0.3, -0.25) is 0 Å². The van der Waals surface area contributed by atoms with Gasteiger partial charge in [0, 0.05) is 83.8 Å². The monoisotopic (exact) mass is 1050 g/mol. The lowest BCUT2D eigenvalue weighted by Crippen LogP contribution is -2.16. The lowest BCUT2D eigenvalue weighted by molar-refractivity contribution is 1.11. The van der Waals surface area contributed by atoms with Crippen molar-refractivity contribution in [3.63, 3.8) is 0 Å². The van der Waals surface area contributed by atoms with E-state index in [9.17, 15) is 0 Å². The molecule has 0 N–H and O–H groups in total. The van der Waals surface area contributed by atoms with Crippen LogP contribution in [0, 0.1) is 0 Å². The number of rotatable bonds is 13. The van der Waals surface area contributed by atoms with E-state index in [0.29, 0.717) is 0 Å². The first-order valence-electron chi connectivity index (χ1n) is 27.9. The molecule has 0 saturated heterocycles. The Bertz CT molecular complexity index is 4480. The van der Waals surface area contributed by atoms with Crippen LogP contribution >= 0.6 is 0 Å². The van der Waals surface area contributed by atoms with E-state index in [-0.39, 0.29) is 0 Å². The Kier molecular flexibility index (Phi) is 11.9. The Hall–Kier alpha value is -11.1. The first-order chi connectivity index (χ1) is 40.6. The van der Waals surface area contributed by atoms with Crippen molar-refractivity contribution in [1.82, 2.24) is 13.7 Å². The van der Waals surface area contributed by atoms with Crippen molar-refractivity contribution in [3.8, 4) is 17.1 Å². The highest BCUT2D eigenvalue weighted by molar-refractivity contribution is 6.10. The topological polar surface area (TPSA) is 24.5 Å². The summed E-state index contributed by atoms with van der Waals surface area (Å²) in [4.78, 5) is 7.15. The van der Waals surface area contributed by atoms with Gasteiger partial charge in [0.05, 0.1) is 44.6 Å². The molecule has 0 radical (unpaired) electrons. The maximum Gasteiger partial charge on any atom is 0.0541 e. The van der Waals surface area contributed by atoms with Crippen LogP contribution in [0.1, 0.15) is 5.69 Å². The highest BCUT2D eigenvalue weighted by Crippen LogP contribution is 2.47. The van der Waals surface area contributed by atoms with Crippen LogP contribution in [0.5, 0.6) is 0 Å². The number of para-hydroxylation sites is 8. The number of benzene rings is 12. The molecule has 6 heteroatoms. The maximum absolute atomic E-state index is 4.21. The summed E-state index contributed by atoms with van der Waals surface area (Å²) in [5.41, 5.74) is 19.2. The van der Waals surface area contributed by atoms with Crippen LogP contribution in [0.25, 0.3) is 77.7 Å². The van der Waals surface area contributed by atoms with Gasteiger partial charge >= 0.3 is 0 Å². The van der Waals surface area contributed by atoms with Gasteiger partial charge in [0.15, 0.2) is 0 Å². The minimum Gasteiger partial charge on any atom is -0.310 e. The second-order valence-corrected chi connectivity index (χ2v) is 20.7. The third kappa shape index (κ3) is 8.28. The summed E-state index contributed by atoms with van der Waals surface area (Å²) in [6, 6.07) is 112. The zero-order valence-electron chi connectivity index (χ0n) is 44.9. The number of nitrogens with zero attached hydrogens (tertiary/aromatic N) is 6. The average Bonchev–Trinajstić information content (AvgIpc) is 4.29. The first-order valence-corrected chi connectivity index (χ1v) is 27.9. The van der Waals surface area contributed by atoms with E-state index in [4.69, 9.17) is 0 Å². The molecule has 0 spiro atoms. The van der Waals surface area contributed by atoms with Gasteiger partial charge in [0.1, 0.15) is 0 Å². The smallest absolute Gasteiger partial charge is 0.0541 e. The highest BCUT2D eigenvalue weighted by atomic mass is 15.2. The Morgan fingerprint density at radius 1 is 0.232 bits per heavy atom. The van der Waals surface area contributed by atoms with Crippen molar-refractivity contribution in [3.05, 3.63) is 322 Å². The number of anilines is 9. The molecule has 12 aromatic carbocycles. The van der Waals surface area contributed by atoms with E-state index < -0.39 is 0 Å². The molecule has 0 saturated carbocycles. The Morgan fingerprint density at radius 3 is 0.829 bits per heavy atom. The molecular weight excluding hydrogens is 997 g/mol. The van der Waals surface area contributed by atoms with Crippen molar-refractivity contribution in [2.24, 2.45) is 0 Å². The number of hydrogen-bond donors (Lipinski definition) is 0. The minimum absolute atomic E-state index is 0.982. The molecule has 82 heavy (non-hydrogen) atoms. The summed E-state index contributed by atoms with van der Waals surface area (Å²) in [6.07, 6.45) is 1.93. The molecule has 0 amide bonds. The van der Waals surface area contributed by atoms with E-state index in [1.807, 2.05) is 6.08 Å². The van der Waals surface area contributed by atoms with Gasteiger partial charge in [0.25, 0.3) is 0 Å². The van der Waals surface area contributed by atoms with Crippen LogP contribution in [0.4, 0.5) is 51.2 Å². The second kappa shape index (κ2) is 20.3. The highest BCUT2D eigenvalue weighted by Gasteiger charge is 2.24. The van der Waals surface area contributed by atoms with E-state index in [1.165, 1.54) is 49.0 Å². The van der Waals surface area contributed by atoms with Gasteiger partial charge < -0.3 is 28.4 Å². The first kappa shape index (κ1) is 48.1. The van der Waals surface area contributed by atoms with Crippen molar-refractivity contribution < 1.29 is 0 Å². The van der Waals surface area contributed by atoms with E-state index in [0.717, 1.165) is 79.5 Å². The van der Waals surface area contributed by atoms with Crippen LogP contribution in [0.3, 0.4) is 0 Å². The molecule has 0 aliphatic heterocycles. The molecule has 0 atom stereocenters. The van der Waals surface area contributed by atoms with Crippen LogP contribution in [0.2, 0.25) is 0 Å². The van der Waals surface area contributed by atoms with E-state index in [2.05, 4.69) is 344 Å². The molecule has 3 heterocycles. The van der Waals surface area contributed by atoms with Crippen LogP contribution in [-0.2, 0) is 0 Å².